The molecule has 0 atom stereocenters. The van der Waals surface area contributed by atoms with Crippen LogP contribution < -0.4 is 5.73 Å². The second-order valence-corrected chi connectivity index (χ2v) is 6.72. The molecule has 0 bridgehead atoms. The average molecular weight is 368 g/mol. The third-order valence-corrected chi connectivity index (χ3v) is 4.47. The van der Waals surface area contributed by atoms with Crippen LogP contribution in [0, 0.1) is 0 Å². The normalized spacial score (nSPS) is 11.7. The van der Waals surface area contributed by atoms with Crippen molar-refractivity contribution in [3.8, 4) is 22.5 Å². The summed E-state index contributed by atoms with van der Waals surface area (Å²) >= 11 is 0. The molecule has 0 fully saturated rings. The van der Waals surface area contributed by atoms with Gasteiger partial charge in [0.05, 0.1) is 17.4 Å². The van der Waals surface area contributed by atoms with Crippen molar-refractivity contribution >= 4 is 27.0 Å². The van der Waals surface area contributed by atoms with Crippen molar-refractivity contribution in [3.63, 3.8) is 0 Å². The first kappa shape index (κ1) is 16.1. The van der Waals surface area contributed by atoms with Gasteiger partial charge in [-0.25, -0.2) is 9.97 Å². The molecule has 0 amide bonds. The summed E-state index contributed by atoms with van der Waals surface area (Å²) in [4.78, 5) is 12.3. The lowest BCUT2D eigenvalue weighted by atomic mass is 10.0. The Hall–Kier alpha value is -3.37. The van der Waals surface area contributed by atoms with Gasteiger partial charge in [-0.05, 0) is 29.8 Å². The second-order valence-electron chi connectivity index (χ2n) is 5.45. The Balaban J connectivity index is 1.99. The predicted octanol–water partition coefficient (Wildman–Crippen LogP) is 1.79. The number of nitrogens with two attached hydrogens (primary N) is 1. The molecule has 0 radical (unpaired) electrons. The zero-order chi connectivity index (χ0) is 18.3. The number of hydrogen-bond acceptors (Lipinski definition) is 7. The van der Waals surface area contributed by atoms with Gasteiger partial charge in [0.2, 0.25) is 0 Å². The molecule has 0 unspecified atom stereocenters. The van der Waals surface area contributed by atoms with Crippen molar-refractivity contribution in [1.29, 1.82) is 0 Å². The van der Waals surface area contributed by atoms with Crippen molar-refractivity contribution in [2.45, 2.75) is 0 Å². The van der Waals surface area contributed by atoms with Crippen LogP contribution in [0.1, 0.15) is 0 Å². The second kappa shape index (κ2) is 5.86. The SMILES string of the molecule is Nc1ncnc2ccc(-c3cn(S(=O)(=O)O)nc3-c3ccccn3)cc12. The van der Waals surface area contributed by atoms with Gasteiger partial charge in [0, 0.05) is 17.1 Å². The average Bonchev–Trinajstić information content (AvgIpc) is 3.08. The van der Waals surface area contributed by atoms with E-state index < -0.39 is 10.3 Å². The van der Waals surface area contributed by atoms with Gasteiger partial charge < -0.3 is 5.73 Å². The van der Waals surface area contributed by atoms with Crippen molar-refractivity contribution in [2.75, 3.05) is 5.73 Å². The van der Waals surface area contributed by atoms with Crippen molar-refractivity contribution < 1.29 is 13.0 Å². The molecule has 0 saturated carbocycles. The summed E-state index contributed by atoms with van der Waals surface area (Å²) in [5.41, 5.74) is 8.42. The number of pyridine rings is 1. The highest BCUT2D eigenvalue weighted by molar-refractivity contribution is 7.84. The minimum atomic E-state index is -4.54. The van der Waals surface area contributed by atoms with E-state index in [1.807, 2.05) is 0 Å². The molecule has 3 heterocycles. The summed E-state index contributed by atoms with van der Waals surface area (Å²) < 4.78 is 32.9. The lowest BCUT2D eigenvalue weighted by molar-refractivity contribution is 0.466. The van der Waals surface area contributed by atoms with Gasteiger partial charge in [-0.3, -0.25) is 9.54 Å². The van der Waals surface area contributed by atoms with E-state index in [0.29, 0.717) is 43.3 Å². The van der Waals surface area contributed by atoms with Crippen LogP contribution in [0.4, 0.5) is 5.82 Å². The molecule has 26 heavy (non-hydrogen) atoms. The number of benzene rings is 1. The van der Waals surface area contributed by atoms with E-state index in [1.165, 1.54) is 12.5 Å². The molecule has 3 aromatic heterocycles. The quantitative estimate of drug-likeness (QED) is 0.522. The summed E-state index contributed by atoms with van der Waals surface area (Å²) in [6.45, 7) is 0. The number of hydrogen-bond donors (Lipinski definition) is 2. The highest BCUT2D eigenvalue weighted by Crippen LogP contribution is 2.32. The van der Waals surface area contributed by atoms with Gasteiger partial charge in [0.25, 0.3) is 0 Å². The molecule has 3 N–H and O–H groups in total. The fourth-order valence-electron chi connectivity index (χ4n) is 2.62. The molecule has 4 aromatic rings. The van der Waals surface area contributed by atoms with Crippen LogP contribution in [0.2, 0.25) is 0 Å². The highest BCUT2D eigenvalue weighted by atomic mass is 32.2. The molecule has 9 nitrogen and oxygen atoms in total. The maximum Gasteiger partial charge on any atom is 0.379 e. The number of anilines is 1. The first-order valence-corrected chi connectivity index (χ1v) is 8.83. The van der Waals surface area contributed by atoms with E-state index in [-0.39, 0.29) is 0 Å². The van der Waals surface area contributed by atoms with Crippen LogP contribution in [0.3, 0.4) is 0 Å². The van der Waals surface area contributed by atoms with Crippen LogP contribution in [0.15, 0.2) is 55.1 Å². The highest BCUT2D eigenvalue weighted by Gasteiger charge is 2.19. The molecule has 0 aliphatic rings. The van der Waals surface area contributed by atoms with Crippen LogP contribution in [0.5, 0.6) is 0 Å². The maximum atomic E-state index is 11.5. The molecule has 130 valence electrons. The largest absolute Gasteiger partial charge is 0.383 e. The summed E-state index contributed by atoms with van der Waals surface area (Å²) in [6, 6.07) is 10.4. The van der Waals surface area contributed by atoms with Gasteiger partial charge in [0.15, 0.2) is 0 Å². The smallest absolute Gasteiger partial charge is 0.379 e. The van der Waals surface area contributed by atoms with Gasteiger partial charge >= 0.3 is 10.3 Å². The summed E-state index contributed by atoms with van der Waals surface area (Å²) in [7, 11) is -4.54. The third-order valence-electron chi connectivity index (χ3n) is 3.81. The van der Waals surface area contributed by atoms with E-state index in [4.69, 9.17) is 5.73 Å². The zero-order valence-electron chi connectivity index (χ0n) is 13.2. The fourth-order valence-corrected chi connectivity index (χ4v) is 3.04. The van der Waals surface area contributed by atoms with Gasteiger partial charge in [-0.1, -0.05) is 12.1 Å². The topological polar surface area (TPSA) is 137 Å². The Morgan fingerprint density at radius 3 is 2.65 bits per heavy atom. The maximum absolute atomic E-state index is 11.5. The fraction of sp³-hybridized carbons (Fsp3) is 0. The standard InChI is InChI=1S/C16H12N6O3S/c17-16-11-7-10(4-5-13(11)19-9-20-16)12-8-22(26(23,24)25)21-15(12)14-3-1-2-6-18-14/h1-9H,(H2,17,19,20)(H,23,24,25). The Morgan fingerprint density at radius 1 is 1.08 bits per heavy atom. The predicted molar refractivity (Wildman–Crippen MR) is 95.3 cm³/mol. The van der Waals surface area contributed by atoms with E-state index in [9.17, 15) is 13.0 Å². The number of aromatic nitrogens is 5. The van der Waals surface area contributed by atoms with E-state index in [1.54, 1.807) is 42.6 Å². The Labute approximate surface area is 148 Å². The molecular weight excluding hydrogens is 356 g/mol. The van der Waals surface area contributed by atoms with Gasteiger partial charge in [-0.2, -0.15) is 13.5 Å². The number of nitrogen functional groups attached to an aromatic ring is 1. The van der Waals surface area contributed by atoms with Gasteiger partial charge in [0.1, 0.15) is 17.8 Å². The van der Waals surface area contributed by atoms with Crippen molar-refractivity contribution in [3.05, 3.63) is 55.1 Å². The Morgan fingerprint density at radius 2 is 1.92 bits per heavy atom. The van der Waals surface area contributed by atoms with E-state index in [2.05, 4.69) is 20.1 Å². The van der Waals surface area contributed by atoms with Crippen LogP contribution in [-0.2, 0) is 10.3 Å². The lowest BCUT2D eigenvalue weighted by Crippen LogP contribution is -2.11. The zero-order valence-corrected chi connectivity index (χ0v) is 14.0. The van der Waals surface area contributed by atoms with E-state index >= 15 is 0 Å². The van der Waals surface area contributed by atoms with Crippen LogP contribution in [0.25, 0.3) is 33.4 Å². The van der Waals surface area contributed by atoms with Crippen molar-refractivity contribution in [2.24, 2.45) is 0 Å². The summed E-state index contributed by atoms with van der Waals surface area (Å²) in [5.74, 6) is 0.304. The molecule has 0 aliphatic heterocycles. The number of nitrogens with zero attached hydrogens (tertiary/aromatic N) is 5. The minimum Gasteiger partial charge on any atom is -0.383 e. The lowest BCUT2D eigenvalue weighted by Gasteiger charge is -2.05. The Bertz CT molecular complexity index is 1220. The first-order chi connectivity index (χ1) is 12.4. The number of fused-ring (bicyclic) bond motifs is 1. The summed E-state index contributed by atoms with van der Waals surface area (Å²) in [6.07, 6.45) is 4.16. The van der Waals surface area contributed by atoms with Gasteiger partial charge in [-0.15, -0.1) is 4.09 Å². The summed E-state index contributed by atoms with van der Waals surface area (Å²) in [5, 5.41) is 4.61. The van der Waals surface area contributed by atoms with E-state index in [0.717, 1.165) is 0 Å². The molecule has 1 aromatic carbocycles. The molecule has 10 heteroatoms. The third kappa shape index (κ3) is 2.76. The molecule has 4 rings (SSSR count). The van der Waals surface area contributed by atoms with Crippen molar-refractivity contribution in [1.82, 2.24) is 24.1 Å². The first-order valence-electron chi connectivity index (χ1n) is 7.43. The molecule has 0 aliphatic carbocycles. The Kier molecular flexibility index (Phi) is 3.63. The molecule has 0 saturated heterocycles. The molecular formula is C16H12N6O3S. The minimum absolute atomic E-state index is 0.304. The van der Waals surface area contributed by atoms with Crippen LogP contribution in [-0.4, -0.2) is 37.1 Å². The molecule has 0 spiro atoms. The monoisotopic (exact) mass is 368 g/mol. The van der Waals surface area contributed by atoms with Crippen LogP contribution >= 0.6 is 0 Å². The number of rotatable bonds is 3.